The molecule has 0 radical (unpaired) electrons. The molecule has 0 bridgehead atoms. The number of rotatable bonds is 4. The summed E-state index contributed by atoms with van der Waals surface area (Å²) in [5, 5.41) is 0. The number of benzene rings is 1. The van der Waals surface area contributed by atoms with Crippen molar-refractivity contribution in [2.24, 2.45) is 0 Å². The molecule has 2 fully saturated rings. The van der Waals surface area contributed by atoms with Crippen molar-refractivity contribution in [3.63, 3.8) is 0 Å². The summed E-state index contributed by atoms with van der Waals surface area (Å²) in [5.41, 5.74) is 2.15. The summed E-state index contributed by atoms with van der Waals surface area (Å²) in [6, 6.07) is 5.94. The van der Waals surface area contributed by atoms with Gasteiger partial charge in [0.1, 0.15) is 5.75 Å². The smallest absolute Gasteiger partial charge is 0.282 e. The van der Waals surface area contributed by atoms with Gasteiger partial charge >= 0.3 is 0 Å². The second kappa shape index (κ2) is 8.85. The number of ether oxygens (including phenoxy) is 1. The van der Waals surface area contributed by atoms with Gasteiger partial charge in [0.05, 0.1) is 6.61 Å². The summed E-state index contributed by atoms with van der Waals surface area (Å²) in [5.74, 6) is 0.851. The van der Waals surface area contributed by atoms with Crippen LogP contribution >= 0.6 is 0 Å². The van der Waals surface area contributed by atoms with Gasteiger partial charge in [0, 0.05) is 51.8 Å². The summed E-state index contributed by atoms with van der Waals surface area (Å²) in [6.45, 7) is 3.49. The van der Waals surface area contributed by atoms with E-state index < -0.39 is 10.2 Å². The van der Waals surface area contributed by atoms with Gasteiger partial charge < -0.3 is 9.64 Å². The fourth-order valence-electron chi connectivity index (χ4n) is 4.16. The molecule has 0 saturated carbocycles. The zero-order chi connectivity index (χ0) is 20.3. The van der Waals surface area contributed by atoms with Crippen molar-refractivity contribution in [3.05, 3.63) is 35.4 Å². The molecule has 1 amide bonds. The Morgan fingerprint density at radius 2 is 1.62 bits per heavy atom. The molecule has 0 aliphatic carbocycles. The van der Waals surface area contributed by atoms with Crippen molar-refractivity contribution in [1.29, 1.82) is 0 Å². The minimum absolute atomic E-state index is 0.0754. The SMILES string of the molecule is O=C(/C=C/c1ccc2c(c1)CCO2)N1CCN(S(=O)(=O)N2CCCCCC2)CC1. The summed E-state index contributed by atoms with van der Waals surface area (Å²) in [7, 11) is -3.42. The van der Waals surface area contributed by atoms with Crippen LogP contribution in [0.25, 0.3) is 6.08 Å². The molecule has 8 heteroatoms. The lowest BCUT2D eigenvalue weighted by atomic mass is 10.1. The highest BCUT2D eigenvalue weighted by Crippen LogP contribution is 2.26. The van der Waals surface area contributed by atoms with E-state index in [0.29, 0.717) is 45.9 Å². The van der Waals surface area contributed by atoms with E-state index in [9.17, 15) is 13.2 Å². The molecule has 1 aromatic carbocycles. The molecule has 3 heterocycles. The molecule has 0 spiro atoms. The van der Waals surface area contributed by atoms with Gasteiger partial charge in [-0.3, -0.25) is 4.79 Å². The lowest BCUT2D eigenvalue weighted by Gasteiger charge is -2.36. The normalized spacial score (nSPS) is 21.7. The molecule has 7 nitrogen and oxygen atoms in total. The number of carbonyl (C=O) groups is 1. The zero-order valence-corrected chi connectivity index (χ0v) is 17.6. The van der Waals surface area contributed by atoms with Crippen molar-refractivity contribution in [1.82, 2.24) is 13.5 Å². The number of piperazine rings is 1. The Kier molecular flexibility index (Phi) is 6.22. The van der Waals surface area contributed by atoms with Crippen molar-refractivity contribution in [3.8, 4) is 5.75 Å². The van der Waals surface area contributed by atoms with Crippen LogP contribution in [-0.2, 0) is 21.4 Å². The number of fused-ring (bicyclic) bond motifs is 1. The molecule has 4 rings (SSSR count). The first kappa shape index (κ1) is 20.4. The van der Waals surface area contributed by atoms with Crippen LogP contribution in [0.5, 0.6) is 5.75 Å². The van der Waals surface area contributed by atoms with Crippen LogP contribution in [0.1, 0.15) is 36.8 Å². The molecule has 0 unspecified atom stereocenters. The average molecular weight is 420 g/mol. The molecular formula is C21H29N3O4S. The number of carbonyl (C=O) groups excluding carboxylic acids is 1. The maximum atomic E-state index is 12.9. The van der Waals surface area contributed by atoms with Crippen LogP contribution in [0.3, 0.4) is 0 Å². The topological polar surface area (TPSA) is 70.2 Å². The van der Waals surface area contributed by atoms with Gasteiger partial charge in [-0.1, -0.05) is 18.9 Å². The Bertz CT molecular complexity index is 868. The molecule has 3 aliphatic rings. The molecule has 158 valence electrons. The first-order chi connectivity index (χ1) is 14.0. The third-order valence-corrected chi connectivity index (χ3v) is 7.94. The highest BCUT2D eigenvalue weighted by Gasteiger charge is 2.33. The minimum Gasteiger partial charge on any atom is -0.493 e. The van der Waals surface area contributed by atoms with E-state index in [-0.39, 0.29) is 5.91 Å². The van der Waals surface area contributed by atoms with Crippen LogP contribution in [0.15, 0.2) is 24.3 Å². The third kappa shape index (κ3) is 4.65. The van der Waals surface area contributed by atoms with Gasteiger partial charge in [0.25, 0.3) is 10.2 Å². The van der Waals surface area contributed by atoms with Crippen molar-refractivity contribution >= 4 is 22.2 Å². The predicted octanol–water partition coefficient (Wildman–Crippen LogP) is 1.90. The minimum atomic E-state index is -3.42. The van der Waals surface area contributed by atoms with Gasteiger partial charge in [-0.15, -0.1) is 0 Å². The molecule has 3 aliphatic heterocycles. The summed E-state index contributed by atoms with van der Waals surface area (Å²) in [4.78, 5) is 14.3. The second-order valence-corrected chi connectivity index (χ2v) is 9.77. The largest absolute Gasteiger partial charge is 0.493 e. The molecule has 1 aromatic rings. The Labute approximate surface area is 173 Å². The van der Waals surface area contributed by atoms with Crippen molar-refractivity contribution < 1.29 is 17.9 Å². The van der Waals surface area contributed by atoms with Crippen LogP contribution in [-0.4, -0.2) is 73.7 Å². The van der Waals surface area contributed by atoms with Gasteiger partial charge in [-0.2, -0.15) is 17.0 Å². The lowest BCUT2D eigenvalue weighted by molar-refractivity contribution is -0.127. The highest BCUT2D eigenvalue weighted by molar-refractivity contribution is 7.86. The van der Waals surface area contributed by atoms with Crippen molar-refractivity contribution in [2.45, 2.75) is 32.1 Å². The Morgan fingerprint density at radius 1 is 0.931 bits per heavy atom. The van der Waals surface area contributed by atoms with E-state index >= 15 is 0 Å². The van der Waals surface area contributed by atoms with Crippen LogP contribution in [0.2, 0.25) is 0 Å². The van der Waals surface area contributed by atoms with Gasteiger partial charge in [-0.05, 0) is 42.2 Å². The standard InChI is InChI=1S/C21H29N3O4S/c25-21(8-6-18-5-7-20-19(17-18)9-16-28-20)22-12-14-24(15-13-22)29(26,27)23-10-3-1-2-4-11-23/h5-8,17H,1-4,9-16H2/b8-6+. The summed E-state index contributed by atoms with van der Waals surface area (Å²) in [6.07, 6.45) is 8.35. The van der Waals surface area contributed by atoms with Crippen LogP contribution < -0.4 is 4.74 Å². The van der Waals surface area contributed by atoms with E-state index in [1.165, 1.54) is 9.87 Å². The zero-order valence-electron chi connectivity index (χ0n) is 16.8. The Balaban J connectivity index is 1.32. The number of amides is 1. The van der Waals surface area contributed by atoms with Gasteiger partial charge in [0.2, 0.25) is 5.91 Å². The fourth-order valence-corrected chi connectivity index (χ4v) is 5.83. The molecule has 0 N–H and O–H groups in total. The highest BCUT2D eigenvalue weighted by atomic mass is 32.2. The van der Waals surface area contributed by atoms with E-state index in [1.807, 2.05) is 18.2 Å². The summed E-state index contributed by atoms with van der Waals surface area (Å²) >= 11 is 0. The monoisotopic (exact) mass is 419 g/mol. The number of hydrogen-bond donors (Lipinski definition) is 0. The quantitative estimate of drug-likeness (QED) is 0.699. The Hall–Kier alpha value is -1.90. The van der Waals surface area contributed by atoms with E-state index in [2.05, 4.69) is 6.07 Å². The van der Waals surface area contributed by atoms with Crippen LogP contribution in [0.4, 0.5) is 0 Å². The van der Waals surface area contributed by atoms with E-state index in [0.717, 1.165) is 43.4 Å². The van der Waals surface area contributed by atoms with Gasteiger partial charge in [0.15, 0.2) is 0 Å². The Morgan fingerprint density at radius 3 is 2.34 bits per heavy atom. The van der Waals surface area contributed by atoms with E-state index in [1.54, 1.807) is 15.3 Å². The third-order valence-electron chi connectivity index (χ3n) is 5.90. The van der Waals surface area contributed by atoms with Crippen LogP contribution in [0, 0.1) is 0 Å². The lowest BCUT2D eigenvalue weighted by Crippen LogP contribution is -2.54. The fraction of sp³-hybridized carbons (Fsp3) is 0.571. The maximum Gasteiger partial charge on any atom is 0.282 e. The predicted molar refractivity (Wildman–Crippen MR) is 112 cm³/mol. The molecular weight excluding hydrogens is 390 g/mol. The second-order valence-electron chi connectivity index (χ2n) is 7.84. The molecule has 0 aromatic heterocycles. The summed E-state index contributed by atoms with van der Waals surface area (Å²) < 4.78 is 34.5. The number of hydrogen-bond acceptors (Lipinski definition) is 4. The number of nitrogens with zero attached hydrogens (tertiary/aromatic N) is 3. The molecule has 2 saturated heterocycles. The maximum absolute atomic E-state index is 12.9. The first-order valence-electron chi connectivity index (χ1n) is 10.5. The average Bonchev–Trinajstić information content (AvgIpc) is 3.02. The molecule has 29 heavy (non-hydrogen) atoms. The van der Waals surface area contributed by atoms with Crippen molar-refractivity contribution in [2.75, 3.05) is 45.9 Å². The van der Waals surface area contributed by atoms with E-state index in [4.69, 9.17) is 4.74 Å². The molecule has 0 atom stereocenters. The first-order valence-corrected chi connectivity index (χ1v) is 11.9. The van der Waals surface area contributed by atoms with Gasteiger partial charge in [-0.25, -0.2) is 0 Å².